The number of aliphatic carboxylic acids is 1. The molecule has 1 amide bonds. The molecule has 6 nitrogen and oxygen atoms in total. The van der Waals surface area contributed by atoms with E-state index >= 15 is 0 Å². The highest BCUT2D eigenvalue weighted by Gasteiger charge is 2.35. The summed E-state index contributed by atoms with van der Waals surface area (Å²) in [5, 5.41) is 11.5. The molecule has 0 radical (unpaired) electrons. The van der Waals surface area contributed by atoms with Crippen LogP contribution in [0.15, 0.2) is 6.20 Å². The van der Waals surface area contributed by atoms with Gasteiger partial charge in [0.05, 0.1) is 17.2 Å². The highest BCUT2D eigenvalue weighted by molar-refractivity contribution is 5.95. The van der Waals surface area contributed by atoms with E-state index in [1.807, 2.05) is 0 Å². The Morgan fingerprint density at radius 3 is 2.61 bits per heavy atom. The van der Waals surface area contributed by atoms with Gasteiger partial charge in [0.25, 0.3) is 5.91 Å². The number of aromatic nitrogens is 2. The number of hydrogen-bond acceptors (Lipinski definition) is 4. The number of carboxylic acid groups (broad SMARTS) is 1. The van der Waals surface area contributed by atoms with E-state index in [-0.39, 0.29) is 17.9 Å². The fourth-order valence-electron chi connectivity index (χ4n) is 2.01. The Labute approximate surface area is 104 Å². The third-order valence-electron chi connectivity index (χ3n) is 3.17. The lowest BCUT2D eigenvalue weighted by molar-refractivity contribution is -0.145. The van der Waals surface area contributed by atoms with Gasteiger partial charge in [-0.2, -0.15) is 0 Å². The minimum Gasteiger partial charge on any atom is -0.481 e. The maximum Gasteiger partial charge on any atom is 0.306 e. The van der Waals surface area contributed by atoms with Gasteiger partial charge in [-0.25, -0.2) is 9.97 Å². The SMILES string of the molecule is Cc1ncc(C(=O)NC2CC(C(=O)O)C2)c(C)n1. The first-order valence-electron chi connectivity index (χ1n) is 5.81. The van der Waals surface area contributed by atoms with E-state index in [2.05, 4.69) is 15.3 Å². The maximum absolute atomic E-state index is 11.9. The van der Waals surface area contributed by atoms with Gasteiger partial charge in [0.15, 0.2) is 0 Å². The molecule has 0 unspecified atom stereocenters. The van der Waals surface area contributed by atoms with Crippen LogP contribution < -0.4 is 5.32 Å². The van der Waals surface area contributed by atoms with E-state index in [9.17, 15) is 9.59 Å². The van der Waals surface area contributed by atoms with Crippen LogP contribution in [0.4, 0.5) is 0 Å². The van der Waals surface area contributed by atoms with E-state index in [0.29, 0.717) is 29.9 Å². The van der Waals surface area contributed by atoms with E-state index in [1.54, 1.807) is 13.8 Å². The van der Waals surface area contributed by atoms with Crippen molar-refractivity contribution in [2.45, 2.75) is 32.7 Å². The molecule has 1 aliphatic carbocycles. The monoisotopic (exact) mass is 249 g/mol. The highest BCUT2D eigenvalue weighted by Crippen LogP contribution is 2.27. The van der Waals surface area contributed by atoms with E-state index in [1.165, 1.54) is 6.20 Å². The fraction of sp³-hybridized carbons (Fsp3) is 0.500. The molecule has 6 heteroatoms. The van der Waals surface area contributed by atoms with Crippen molar-refractivity contribution < 1.29 is 14.7 Å². The molecule has 2 N–H and O–H groups in total. The second-order valence-corrected chi connectivity index (χ2v) is 4.59. The zero-order valence-electron chi connectivity index (χ0n) is 10.3. The predicted molar refractivity (Wildman–Crippen MR) is 63.1 cm³/mol. The Kier molecular flexibility index (Phi) is 3.27. The molecule has 1 saturated carbocycles. The summed E-state index contributed by atoms with van der Waals surface area (Å²) in [6, 6.07) is -0.0562. The average molecular weight is 249 g/mol. The first-order chi connectivity index (χ1) is 8.47. The summed E-state index contributed by atoms with van der Waals surface area (Å²) in [6.07, 6.45) is 2.49. The van der Waals surface area contributed by atoms with Crippen LogP contribution >= 0.6 is 0 Å². The van der Waals surface area contributed by atoms with E-state index in [0.717, 1.165) is 0 Å². The minimum absolute atomic E-state index is 0.0562. The van der Waals surface area contributed by atoms with Crippen molar-refractivity contribution in [3.05, 3.63) is 23.3 Å². The number of amides is 1. The van der Waals surface area contributed by atoms with Gasteiger partial charge in [-0.05, 0) is 26.7 Å². The number of carboxylic acids is 1. The largest absolute Gasteiger partial charge is 0.481 e. The van der Waals surface area contributed by atoms with Gasteiger partial charge in [-0.1, -0.05) is 0 Å². The number of hydrogen-bond donors (Lipinski definition) is 2. The lowest BCUT2D eigenvalue weighted by atomic mass is 9.80. The lowest BCUT2D eigenvalue weighted by Gasteiger charge is -2.32. The number of carbonyl (C=O) groups is 2. The van der Waals surface area contributed by atoms with E-state index in [4.69, 9.17) is 5.11 Å². The summed E-state index contributed by atoms with van der Waals surface area (Å²) in [4.78, 5) is 30.7. The Hall–Kier alpha value is -1.98. The molecular formula is C12H15N3O3. The van der Waals surface area contributed by atoms with Crippen molar-refractivity contribution in [3.8, 4) is 0 Å². The molecule has 0 atom stereocenters. The normalized spacial score (nSPS) is 22.1. The standard InChI is InChI=1S/C12H15N3O3/c1-6-10(5-13-7(2)14-6)11(16)15-9-3-8(4-9)12(17)18/h5,8-9H,3-4H2,1-2H3,(H,15,16)(H,17,18). The van der Waals surface area contributed by atoms with Crippen LogP contribution in [0.2, 0.25) is 0 Å². The third-order valence-corrected chi connectivity index (χ3v) is 3.17. The number of nitrogens with zero attached hydrogens (tertiary/aromatic N) is 2. The molecule has 2 rings (SSSR count). The molecular weight excluding hydrogens is 234 g/mol. The van der Waals surface area contributed by atoms with Crippen LogP contribution in [0.5, 0.6) is 0 Å². The molecule has 1 aromatic rings. The second kappa shape index (κ2) is 4.72. The fourth-order valence-corrected chi connectivity index (χ4v) is 2.01. The molecule has 1 fully saturated rings. The van der Waals surface area contributed by atoms with Crippen molar-refractivity contribution in [2.75, 3.05) is 0 Å². The molecule has 0 bridgehead atoms. The summed E-state index contributed by atoms with van der Waals surface area (Å²) in [5.41, 5.74) is 1.08. The van der Waals surface area contributed by atoms with Gasteiger partial charge in [0.1, 0.15) is 5.82 Å². The topological polar surface area (TPSA) is 92.2 Å². The van der Waals surface area contributed by atoms with Crippen LogP contribution in [0.25, 0.3) is 0 Å². The number of carbonyl (C=O) groups excluding carboxylic acids is 1. The first kappa shape index (κ1) is 12.5. The molecule has 1 aliphatic rings. The quantitative estimate of drug-likeness (QED) is 0.822. The highest BCUT2D eigenvalue weighted by atomic mass is 16.4. The van der Waals surface area contributed by atoms with Gasteiger partial charge in [0.2, 0.25) is 0 Å². The molecule has 0 spiro atoms. The van der Waals surface area contributed by atoms with Crippen LogP contribution in [0.1, 0.15) is 34.7 Å². The molecule has 1 aromatic heterocycles. The zero-order valence-corrected chi connectivity index (χ0v) is 10.3. The lowest BCUT2D eigenvalue weighted by Crippen LogP contribution is -2.46. The molecule has 1 heterocycles. The van der Waals surface area contributed by atoms with Crippen LogP contribution in [0, 0.1) is 19.8 Å². The smallest absolute Gasteiger partial charge is 0.306 e. The first-order valence-corrected chi connectivity index (χ1v) is 5.81. The van der Waals surface area contributed by atoms with Crippen molar-refractivity contribution in [1.82, 2.24) is 15.3 Å². The zero-order chi connectivity index (χ0) is 13.3. The Bertz CT molecular complexity index is 495. The van der Waals surface area contributed by atoms with Gasteiger partial charge in [-0.15, -0.1) is 0 Å². The van der Waals surface area contributed by atoms with Crippen LogP contribution in [0.3, 0.4) is 0 Å². The van der Waals surface area contributed by atoms with Gasteiger partial charge >= 0.3 is 5.97 Å². The average Bonchev–Trinajstić information content (AvgIpc) is 2.21. The third kappa shape index (κ3) is 2.47. The number of rotatable bonds is 3. The summed E-state index contributed by atoms with van der Waals surface area (Å²) < 4.78 is 0. The Morgan fingerprint density at radius 2 is 2.06 bits per heavy atom. The molecule has 96 valence electrons. The summed E-state index contributed by atoms with van der Waals surface area (Å²) in [5.74, 6) is -0.735. The summed E-state index contributed by atoms with van der Waals surface area (Å²) >= 11 is 0. The molecule has 0 aliphatic heterocycles. The molecule has 18 heavy (non-hydrogen) atoms. The predicted octanol–water partition coefficient (Wildman–Crippen LogP) is 0.686. The Morgan fingerprint density at radius 1 is 1.39 bits per heavy atom. The van der Waals surface area contributed by atoms with Crippen molar-refractivity contribution in [2.24, 2.45) is 5.92 Å². The van der Waals surface area contributed by atoms with Crippen molar-refractivity contribution in [1.29, 1.82) is 0 Å². The Balaban J connectivity index is 1.95. The maximum atomic E-state index is 11.9. The second-order valence-electron chi connectivity index (χ2n) is 4.59. The van der Waals surface area contributed by atoms with Crippen LogP contribution in [-0.4, -0.2) is 33.0 Å². The van der Waals surface area contributed by atoms with Crippen molar-refractivity contribution in [3.63, 3.8) is 0 Å². The number of aryl methyl sites for hydroxylation is 2. The van der Waals surface area contributed by atoms with E-state index < -0.39 is 5.97 Å². The number of nitrogens with one attached hydrogen (secondary N) is 1. The molecule has 0 aromatic carbocycles. The summed E-state index contributed by atoms with van der Waals surface area (Å²) in [6.45, 7) is 3.52. The van der Waals surface area contributed by atoms with Crippen molar-refractivity contribution >= 4 is 11.9 Å². The summed E-state index contributed by atoms with van der Waals surface area (Å²) in [7, 11) is 0. The van der Waals surface area contributed by atoms with Gasteiger partial charge in [0, 0.05) is 12.2 Å². The minimum atomic E-state index is -0.796. The van der Waals surface area contributed by atoms with Crippen LogP contribution in [-0.2, 0) is 4.79 Å². The van der Waals surface area contributed by atoms with Gasteiger partial charge in [-0.3, -0.25) is 9.59 Å². The molecule has 0 saturated heterocycles. The van der Waals surface area contributed by atoms with Gasteiger partial charge < -0.3 is 10.4 Å².